The van der Waals surface area contributed by atoms with Gasteiger partial charge in [0, 0.05) is 11.4 Å². The first-order valence-corrected chi connectivity index (χ1v) is 6.98. The second kappa shape index (κ2) is 5.69. The lowest BCUT2D eigenvalue weighted by molar-refractivity contribution is 0.0659. The van der Waals surface area contributed by atoms with Crippen LogP contribution in [0.1, 0.15) is 34.2 Å². The molecule has 0 aliphatic carbocycles. The third-order valence-electron chi connectivity index (χ3n) is 2.48. The Bertz CT molecular complexity index is 549. The fourth-order valence-corrected chi connectivity index (χ4v) is 2.94. The zero-order chi connectivity index (χ0) is 13.1. The minimum Gasteiger partial charge on any atom is -0.475 e. The highest BCUT2D eigenvalue weighted by atomic mass is 79.9. The highest BCUT2D eigenvalue weighted by Gasteiger charge is 2.13. The van der Waals surface area contributed by atoms with E-state index in [1.165, 1.54) is 10.9 Å². The van der Waals surface area contributed by atoms with Crippen molar-refractivity contribution < 1.29 is 14.3 Å². The molecule has 0 amide bonds. The molecule has 2 aromatic heterocycles. The van der Waals surface area contributed by atoms with Gasteiger partial charge < -0.3 is 14.8 Å². The molecular weight excluding hydrogens is 318 g/mol. The highest BCUT2D eigenvalue weighted by Crippen LogP contribution is 2.23. The van der Waals surface area contributed by atoms with Crippen molar-refractivity contribution >= 4 is 33.2 Å². The zero-order valence-electron chi connectivity index (χ0n) is 9.64. The maximum atomic E-state index is 10.7. The van der Waals surface area contributed by atoms with Crippen molar-refractivity contribution in [3.8, 4) is 0 Å². The number of hydrogen-bond acceptors (Lipinski definition) is 4. The molecule has 1 atom stereocenters. The normalized spacial score (nSPS) is 12.6. The van der Waals surface area contributed by atoms with Crippen molar-refractivity contribution in [3.63, 3.8) is 0 Å². The van der Waals surface area contributed by atoms with E-state index in [0.717, 1.165) is 10.3 Å². The largest absolute Gasteiger partial charge is 0.475 e. The Morgan fingerprint density at radius 3 is 2.83 bits per heavy atom. The summed E-state index contributed by atoms with van der Waals surface area (Å²) >= 11 is 5.07. The van der Waals surface area contributed by atoms with E-state index < -0.39 is 5.97 Å². The van der Waals surface area contributed by atoms with E-state index in [0.29, 0.717) is 5.76 Å². The van der Waals surface area contributed by atoms with Gasteiger partial charge in [0.15, 0.2) is 0 Å². The molecule has 0 aliphatic rings. The predicted molar refractivity (Wildman–Crippen MR) is 72.9 cm³/mol. The lowest BCUT2D eigenvalue weighted by atomic mass is 10.2. The van der Waals surface area contributed by atoms with Gasteiger partial charge in [-0.2, -0.15) is 0 Å². The van der Waals surface area contributed by atoms with Crippen LogP contribution in [0.15, 0.2) is 32.5 Å². The summed E-state index contributed by atoms with van der Waals surface area (Å²) in [6.45, 7) is 2.66. The molecule has 0 spiro atoms. The maximum absolute atomic E-state index is 10.7. The Morgan fingerprint density at radius 2 is 2.28 bits per heavy atom. The number of furan rings is 1. The average Bonchev–Trinajstić information content (AvgIpc) is 2.94. The lowest BCUT2D eigenvalue weighted by Gasteiger charge is -2.09. The molecule has 0 aromatic carbocycles. The molecule has 1 unspecified atom stereocenters. The van der Waals surface area contributed by atoms with E-state index in [4.69, 9.17) is 9.52 Å². The van der Waals surface area contributed by atoms with Crippen LogP contribution in [0.2, 0.25) is 0 Å². The van der Waals surface area contributed by atoms with Gasteiger partial charge in [-0.15, -0.1) is 11.3 Å². The van der Waals surface area contributed by atoms with Gasteiger partial charge in [-0.25, -0.2) is 4.79 Å². The summed E-state index contributed by atoms with van der Waals surface area (Å²) in [4.78, 5) is 11.9. The monoisotopic (exact) mass is 329 g/mol. The Balaban J connectivity index is 1.94. The molecule has 2 N–H and O–H groups in total. The summed E-state index contributed by atoms with van der Waals surface area (Å²) in [6, 6.07) is 7.17. The van der Waals surface area contributed by atoms with Crippen molar-refractivity contribution in [1.29, 1.82) is 0 Å². The quantitative estimate of drug-likeness (QED) is 0.878. The van der Waals surface area contributed by atoms with Crippen LogP contribution in [-0.2, 0) is 6.54 Å². The van der Waals surface area contributed by atoms with Gasteiger partial charge in [0.25, 0.3) is 0 Å². The smallest absolute Gasteiger partial charge is 0.371 e. The Kier molecular flexibility index (Phi) is 4.21. The van der Waals surface area contributed by atoms with Crippen LogP contribution in [0, 0.1) is 0 Å². The Morgan fingerprint density at radius 1 is 1.50 bits per heavy atom. The zero-order valence-corrected chi connectivity index (χ0v) is 12.0. The minimum absolute atomic E-state index is 0.0287. The number of rotatable bonds is 5. The number of carboxylic acids is 1. The Labute approximate surface area is 117 Å². The van der Waals surface area contributed by atoms with Crippen molar-refractivity contribution in [2.24, 2.45) is 0 Å². The fourth-order valence-electron chi connectivity index (χ4n) is 1.50. The third-order valence-corrected chi connectivity index (χ3v) is 4.10. The molecule has 0 bridgehead atoms. The van der Waals surface area contributed by atoms with Crippen LogP contribution in [0.3, 0.4) is 0 Å². The summed E-state index contributed by atoms with van der Waals surface area (Å²) in [5.74, 6) is -0.448. The van der Waals surface area contributed by atoms with Gasteiger partial charge in [0.05, 0.1) is 9.83 Å². The molecule has 2 rings (SSSR count). The van der Waals surface area contributed by atoms with Crippen LogP contribution in [-0.4, -0.2) is 11.1 Å². The van der Waals surface area contributed by atoms with E-state index in [9.17, 15) is 4.79 Å². The molecule has 96 valence electrons. The topological polar surface area (TPSA) is 62.5 Å². The number of aromatic carboxylic acids is 1. The van der Waals surface area contributed by atoms with Gasteiger partial charge in [-0.1, -0.05) is 0 Å². The van der Waals surface area contributed by atoms with E-state index in [1.807, 2.05) is 19.1 Å². The molecule has 0 saturated heterocycles. The summed E-state index contributed by atoms with van der Waals surface area (Å²) in [5.41, 5.74) is 0. The van der Waals surface area contributed by atoms with Crippen LogP contribution >= 0.6 is 27.3 Å². The van der Waals surface area contributed by atoms with Crippen molar-refractivity contribution in [1.82, 2.24) is 5.32 Å². The fraction of sp³-hybridized carbons (Fsp3) is 0.250. The number of nitrogens with one attached hydrogen (secondary N) is 1. The first-order valence-electron chi connectivity index (χ1n) is 5.37. The number of thiophene rings is 1. The molecule has 6 heteroatoms. The molecule has 0 radical (unpaired) electrons. The third kappa shape index (κ3) is 3.22. The second-order valence-electron chi connectivity index (χ2n) is 3.82. The lowest BCUT2D eigenvalue weighted by Crippen LogP contribution is -2.16. The molecular formula is C12H12BrNO3S. The van der Waals surface area contributed by atoms with Gasteiger partial charge in [-0.3, -0.25) is 0 Å². The number of hydrogen-bond donors (Lipinski definition) is 2. The van der Waals surface area contributed by atoms with E-state index in [2.05, 4.69) is 21.2 Å². The molecule has 18 heavy (non-hydrogen) atoms. The minimum atomic E-state index is -1.05. The first kappa shape index (κ1) is 13.3. The molecule has 0 aliphatic heterocycles. The van der Waals surface area contributed by atoms with Crippen LogP contribution in [0.25, 0.3) is 0 Å². The number of carbonyl (C=O) groups is 1. The molecule has 2 heterocycles. The highest BCUT2D eigenvalue weighted by molar-refractivity contribution is 9.11. The van der Waals surface area contributed by atoms with Crippen LogP contribution < -0.4 is 5.32 Å². The standard InChI is InChI=1S/C12H12BrNO3S/c1-7(9-3-4-10(17-9)12(15)16)14-6-8-2-5-11(13)18-8/h2-5,7,14H,6H2,1H3,(H,15,16). The first-order chi connectivity index (χ1) is 8.56. The van der Waals surface area contributed by atoms with E-state index >= 15 is 0 Å². The molecule has 0 saturated carbocycles. The average molecular weight is 330 g/mol. The van der Waals surface area contributed by atoms with Crippen LogP contribution in [0.5, 0.6) is 0 Å². The second-order valence-corrected chi connectivity index (χ2v) is 6.36. The van der Waals surface area contributed by atoms with Crippen molar-refractivity contribution in [2.45, 2.75) is 19.5 Å². The number of carboxylic acid groups (broad SMARTS) is 1. The van der Waals surface area contributed by atoms with E-state index in [1.54, 1.807) is 17.4 Å². The summed E-state index contributed by atoms with van der Waals surface area (Å²) in [5, 5.41) is 12.1. The molecule has 2 aromatic rings. The van der Waals surface area contributed by atoms with Gasteiger partial charge in [0.1, 0.15) is 5.76 Å². The summed E-state index contributed by atoms with van der Waals surface area (Å²) in [6.07, 6.45) is 0. The van der Waals surface area contributed by atoms with Crippen molar-refractivity contribution in [3.05, 3.63) is 44.4 Å². The SMILES string of the molecule is CC(NCc1ccc(Br)s1)c1ccc(C(=O)O)o1. The Hall–Kier alpha value is -1.11. The molecule has 0 fully saturated rings. The summed E-state index contributed by atoms with van der Waals surface area (Å²) < 4.78 is 6.33. The summed E-state index contributed by atoms with van der Waals surface area (Å²) in [7, 11) is 0. The predicted octanol–water partition coefficient (Wildman–Crippen LogP) is 3.65. The van der Waals surface area contributed by atoms with Gasteiger partial charge in [0.2, 0.25) is 5.76 Å². The van der Waals surface area contributed by atoms with Gasteiger partial charge in [-0.05, 0) is 47.1 Å². The number of halogens is 1. The molecule has 4 nitrogen and oxygen atoms in total. The van der Waals surface area contributed by atoms with E-state index in [-0.39, 0.29) is 11.8 Å². The maximum Gasteiger partial charge on any atom is 0.371 e. The van der Waals surface area contributed by atoms with Crippen molar-refractivity contribution in [2.75, 3.05) is 0 Å². The van der Waals surface area contributed by atoms with Crippen LogP contribution in [0.4, 0.5) is 0 Å². The van der Waals surface area contributed by atoms with Gasteiger partial charge >= 0.3 is 5.97 Å².